The highest BCUT2D eigenvalue weighted by Gasteiger charge is 2.00. The van der Waals surface area contributed by atoms with Crippen molar-refractivity contribution in [3.05, 3.63) is 16.4 Å². The van der Waals surface area contributed by atoms with E-state index in [1.807, 2.05) is 0 Å². The van der Waals surface area contributed by atoms with Gasteiger partial charge in [-0.1, -0.05) is 5.16 Å². The Kier molecular flexibility index (Phi) is 1.07. The maximum absolute atomic E-state index is 10.2. The zero-order valence-corrected chi connectivity index (χ0v) is 4.34. The van der Waals surface area contributed by atoms with Crippen LogP contribution in [0.3, 0.4) is 0 Å². The van der Waals surface area contributed by atoms with E-state index in [1.54, 1.807) is 0 Å². The lowest BCUT2D eigenvalue weighted by Crippen LogP contribution is -2.14. The Morgan fingerprint density at radius 2 is 2.56 bits per heavy atom. The van der Waals surface area contributed by atoms with Gasteiger partial charge in [0.05, 0.1) is 0 Å². The molecule has 1 aromatic rings. The van der Waals surface area contributed by atoms with E-state index in [4.69, 9.17) is 11.1 Å². The van der Waals surface area contributed by atoms with Gasteiger partial charge < -0.3 is 5.73 Å². The highest BCUT2D eigenvalue weighted by Crippen LogP contribution is 1.77. The summed E-state index contributed by atoms with van der Waals surface area (Å²) >= 11 is 0. The lowest BCUT2D eigenvalue weighted by Gasteiger charge is -1.81. The molecule has 0 saturated carbocycles. The van der Waals surface area contributed by atoms with E-state index in [-0.39, 0.29) is 11.7 Å². The van der Waals surface area contributed by atoms with Crippen molar-refractivity contribution in [1.82, 2.24) is 10.1 Å². The minimum absolute atomic E-state index is 0.0417. The topological polar surface area (TPSA) is 109 Å². The number of nitrogens with one attached hydrogen (secondary N) is 2. The molecule has 0 aliphatic rings. The Morgan fingerprint density at radius 1 is 1.89 bits per heavy atom. The summed E-state index contributed by atoms with van der Waals surface area (Å²) in [5.41, 5.74) is 4.92. The summed E-state index contributed by atoms with van der Waals surface area (Å²) in [6.45, 7) is 0. The van der Waals surface area contributed by atoms with Crippen molar-refractivity contribution < 1.29 is 4.52 Å². The largest absolute Gasteiger partial charge is 0.439 e. The lowest BCUT2D eigenvalue weighted by atomic mass is 10.6. The molecule has 1 aromatic heterocycles. The number of nitrogens with zero attached hydrogens (tertiary/aromatic N) is 1. The van der Waals surface area contributed by atoms with Crippen LogP contribution >= 0.6 is 0 Å². The first kappa shape index (κ1) is 5.54. The standard InChI is InChI=1S/C3H4N4O2/c4-1(5)2-6-3(8)9-7-2/h(H3,4,5)(H,6,7,8). The van der Waals surface area contributed by atoms with Gasteiger partial charge in [0.25, 0.3) is 0 Å². The number of nitrogen functional groups attached to an aromatic ring is 1. The van der Waals surface area contributed by atoms with Gasteiger partial charge in [-0.3, -0.25) is 14.9 Å². The van der Waals surface area contributed by atoms with Crippen LogP contribution < -0.4 is 11.5 Å². The Labute approximate surface area is 49.2 Å². The summed E-state index contributed by atoms with van der Waals surface area (Å²) < 4.78 is 4.04. The molecule has 0 fully saturated rings. The number of nitrogens with two attached hydrogens (primary N) is 1. The second kappa shape index (κ2) is 1.73. The first-order valence-electron chi connectivity index (χ1n) is 2.10. The van der Waals surface area contributed by atoms with Gasteiger partial charge in [-0.2, -0.15) is 0 Å². The smallest absolute Gasteiger partial charge is 0.381 e. The molecule has 6 nitrogen and oxygen atoms in total. The van der Waals surface area contributed by atoms with Crippen molar-refractivity contribution >= 4 is 5.84 Å². The molecule has 0 aliphatic heterocycles. The van der Waals surface area contributed by atoms with Crippen LogP contribution in [-0.4, -0.2) is 16.0 Å². The van der Waals surface area contributed by atoms with Crippen LogP contribution in [0.5, 0.6) is 0 Å². The predicted octanol–water partition coefficient (Wildman–Crippen LogP) is -1.35. The first-order valence-corrected chi connectivity index (χ1v) is 2.10. The second-order valence-electron chi connectivity index (χ2n) is 1.36. The quantitative estimate of drug-likeness (QED) is 0.320. The number of aromatic nitrogens is 2. The van der Waals surface area contributed by atoms with Crippen LogP contribution in [0.4, 0.5) is 0 Å². The third-order valence-electron chi connectivity index (χ3n) is 0.695. The third kappa shape index (κ3) is 0.958. The van der Waals surface area contributed by atoms with Crippen LogP contribution in [0.2, 0.25) is 0 Å². The molecule has 0 bridgehead atoms. The third-order valence-corrected chi connectivity index (χ3v) is 0.695. The average molecular weight is 128 g/mol. The van der Waals surface area contributed by atoms with Crippen molar-refractivity contribution in [3.8, 4) is 0 Å². The Hall–Kier alpha value is -1.59. The molecule has 0 radical (unpaired) electrons. The molecular weight excluding hydrogens is 124 g/mol. The summed E-state index contributed by atoms with van der Waals surface area (Å²) in [5.74, 6) is -1.07. The van der Waals surface area contributed by atoms with E-state index in [1.165, 1.54) is 0 Å². The van der Waals surface area contributed by atoms with E-state index < -0.39 is 5.76 Å². The maximum Gasteiger partial charge on any atom is 0.439 e. The van der Waals surface area contributed by atoms with Gasteiger partial charge in [0.15, 0.2) is 5.84 Å². The van der Waals surface area contributed by atoms with Crippen molar-refractivity contribution in [2.24, 2.45) is 5.73 Å². The van der Waals surface area contributed by atoms with E-state index >= 15 is 0 Å². The summed E-state index contributed by atoms with van der Waals surface area (Å²) in [7, 11) is 0. The molecule has 6 heteroatoms. The monoisotopic (exact) mass is 128 g/mol. The van der Waals surface area contributed by atoms with Crippen LogP contribution in [0.1, 0.15) is 5.82 Å². The van der Waals surface area contributed by atoms with E-state index in [0.717, 1.165) is 0 Å². The van der Waals surface area contributed by atoms with Gasteiger partial charge in [0.2, 0.25) is 5.82 Å². The van der Waals surface area contributed by atoms with Crippen molar-refractivity contribution in [2.45, 2.75) is 0 Å². The molecule has 1 rings (SSSR count). The summed E-state index contributed by atoms with van der Waals surface area (Å²) in [6, 6.07) is 0. The molecule has 9 heavy (non-hydrogen) atoms. The highest BCUT2D eigenvalue weighted by atomic mass is 16.5. The van der Waals surface area contributed by atoms with Gasteiger partial charge in [0, 0.05) is 0 Å². The average Bonchev–Trinajstić information content (AvgIpc) is 2.14. The zero-order valence-electron chi connectivity index (χ0n) is 4.34. The highest BCUT2D eigenvalue weighted by molar-refractivity contribution is 5.90. The predicted molar refractivity (Wildman–Crippen MR) is 28.1 cm³/mol. The second-order valence-corrected chi connectivity index (χ2v) is 1.36. The van der Waals surface area contributed by atoms with E-state index in [0.29, 0.717) is 0 Å². The summed E-state index contributed by atoms with van der Waals surface area (Å²) in [6.07, 6.45) is 0. The van der Waals surface area contributed by atoms with Gasteiger partial charge in [0.1, 0.15) is 0 Å². The zero-order chi connectivity index (χ0) is 6.85. The van der Waals surface area contributed by atoms with Gasteiger partial charge in [-0.25, -0.2) is 4.79 Å². The summed E-state index contributed by atoms with van der Waals surface area (Å²) in [5, 5.41) is 9.86. The molecular formula is C3H4N4O2. The fourth-order valence-electron chi connectivity index (χ4n) is 0.346. The molecule has 0 aliphatic carbocycles. The molecule has 0 unspecified atom stereocenters. The normalized spacial score (nSPS) is 9.33. The van der Waals surface area contributed by atoms with Crippen LogP contribution in [0, 0.1) is 5.41 Å². The maximum atomic E-state index is 10.2. The van der Waals surface area contributed by atoms with Gasteiger partial charge in [-0.15, -0.1) is 0 Å². The number of amidine groups is 1. The minimum Gasteiger partial charge on any atom is -0.381 e. The Bertz CT molecular complexity index is 271. The minimum atomic E-state index is -0.708. The molecule has 0 aromatic carbocycles. The molecule has 48 valence electrons. The molecule has 0 atom stereocenters. The van der Waals surface area contributed by atoms with Crippen molar-refractivity contribution in [1.29, 1.82) is 5.41 Å². The molecule has 0 saturated heterocycles. The van der Waals surface area contributed by atoms with Crippen LogP contribution in [-0.2, 0) is 0 Å². The van der Waals surface area contributed by atoms with Crippen molar-refractivity contribution in [2.75, 3.05) is 0 Å². The number of aromatic amines is 1. The fourth-order valence-corrected chi connectivity index (χ4v) is 0.346. The van der Waals surface area contributed by atoms with Crippen LogP contribution in [0.15, 0.2) is 9.32 Å². The number of rotatable bonds is 1. The summed E-state index contributed by atoms with van der Waals surface area (Å²) in [4.78, 5) is 12.3. The molecule has 0 amide bonds. The van der Waals surface area contributed by atoms with Crippen LogP contribution in [0.25, 0.3) is 0 Å². The number of hydrogen-bond acceptors (Lipinski definition) is 4. The van der Waals surface area contributed by atoms with E-state index in [2.05, 4.69) is 14.7 Å². The lowest BCUT2D eigenvalue weighted by molar-refractivity contribution is 0.385. The molecule has 1 heterocycles. The Balaban J connectivity index is 3.12. The number of hydrogen-bond donors (Lipinski definition) is 3. The molecule has 0 spiro atoms. The van der Waals surface area contributed by atoms with E-state index in [9.17, 15) is 4.79 Å². The fraction of sp³-hybridized carbons (Fsp3) is 0. The van der Waals surface area contributed by atoms with Gasteiger partial charge in [-0.05, 0) is 0 Å². The first-order chi connectivity index (χ1) is 4.20. The Morgan fingerprint density at radius 3 is 2.78 bits per heavy atom. The van der Waals surface area contributed by atoms with Gasteiger partial charge >= 0.3 is 5.76 Å². The SMILES string of the molecule is N=C(N)c1noc(=O)[nH]1. The molecule has 4 N–H and O–H groups in total. The number of H-pyrrole nitrogens is 1. The van der Waals surface area contributed by atoms with Crippen molar-refractivity contribution in [3.63, 3.8) is 0 Å².